The Morgan fingerprint density at radius 3 is 2.67 bits per heavy atom. The van der Waals surface area contributed by atoms with E-state index in [0.717, 1.165) is 16.0 Å². The molecule has 0 bridgehead atoms. The van der Waals surface area contributed by atoms with Gasteiger partial charge in [0.05, 0.1) is 23.8 Å². The smallest absolute Gasteiger partial charge is 0.263 e. The van der Waals surface area contributed by atoms with Gasteiger partial charge in [-0.2, -0.15) is 0 Å². The molecule has 0 aliphatic carbocycles. The normalized spacial score (nSPS) is 15.4. The highest BCUT2D eigenvalue weighted by atomic mass is 32.2. The Hall–Kier alpha value is -2.81. The predicted octanol–water partition coefficient (Wildman–Crippen LogP) is 5.91. The number of rotatable bonds is 8. The zero-order valence-electron chi connectivity index (χ0n) is 20.2. The van der Waals surface area contributed by atoms with E-state index in [1.165, 1.54) is 47.4 Å². The summed E-state index contributed by atoms with van der Waals surface area (Å²) in [6.07, 6.45) is 1.46. The lowest BCUT2D eigenvalue weighted by atomic mass is 9.96. The summed E-state index contributed by atoms with van der Waals surface area (Å²) in [4.78, 5) is 33.3. The predicted molar refractivity (Wildman–Crippen MR) is 143 cm³/mol. The average Bonchev–Trinajstić information content (AvgIpc) is 3.25. The second-order valence-electron chi connectivity index (χ2n) is 9.29. The minimum Gasteiger partial charge on any atom is -0.372 e. The van der Waals surface area contributed by atoms with Gasteiger partial charge in [-0.05, 0) is 47.7 Å². The van der Waals surface area contributed by atoms with Gasteiger partial charge in [0.2, 0.25) is 0 Å². The van der Waals surface area contributed by atoms with Gasteiger partial charge in [0.1, 0.15) is 10.6 Å². The molecule has 0 N–H and O–H groups in total. The SMILES string of the molecule is CC(C)[C@H]1Cc2c(sc3nc(SCC(=O)c4ccc(F)cc4)n(CCc4ccccc4)c(=O)c23)CO1. The Kier molecular flexibility index (Phi) is 7.37. The molecule has 36 heavy (non-hydrogen) atoms. The van der Waals surface area contributed by atoms with Crippen molar-refractivity contribution in [2.75, 3.05) is 5.75 Å². The second-order valence-corrected chi connectivity index (χ2v) is 11.3. The number of hydrogen-bond donors (Lipinski definition) is 0. The minimum atomic E-state index is -0.383. The van der Waals surface area contributed by atoms with Crippen molar-refractivity contribution in [1.82, 2.24) is 9.55 Å². The molecule has 8 heteroatoms. The van der Waals surface area contributed by atoms with Crippen molar-refractivity contribution in [2.24, 2.45) is 5.92 Å². The first-order chi connectivity index (χ1) is 17.4. The van der Waals surface area contributed by atoms with Gasteiger partial charge in [-0.1, -0.05) is 55.9 Å². The number of ether oxygens (including phenoxy) is 1. The van der Waals surface area contributed by atoms with Crippen LogP contribution in [0.1, 0.15) is 40.2 Å². The second kappa shape index (κ2) is 10.7. The number of ketones is 1. The van der Waals surface area contributed by atoms with E-state index in [0.29, 0.717) is 52.8 Å². The monoisotopic (exact) mass is 522 g/mol. The van der Waals surface area contributed by atoms with Crippen LogP contribution in [0.25, 0.3) is 10.2 Å². The van der Waals surface area contributed by atoms with Crippen molar-refractivity contribution in [3.05, 3.63) is 92.3 Å². The molecule has 0 saturated carbocycles. The molecule has 5 nitrogen and oxygen atoms in total. The first-order valence-electron chi connectivity index (χ1n) is 12.0. The summed E-state index contributed by atoms with van der Waals surface area (Å²) >= 11 is 2.76. The average molecular weight is 523 g/mol. The van der Waals surface area contributed by atoms with E-state index in [9.17, 15) is 14.0 Å². The van der Waals surface area contributed by atoms with Gasteiger partial charge in [0, 0.05) is 23.4 Å². The zero-order valence-corrected chi connectivity index (χ0v) is 21.8. The Balaban J connectivity index is 1.50. The van der Waals surface area contributed by atoms with Crippen LogP contribution in [-0.4, -0.2) is 27.2 Å². The largest absolute Gasteiger partial charge is 0.372 e. The number of benzene rings is 2. The van der Waals surface area contributed by atoms with Crippen molar-refractivity contribution in [1.29, 1.82) is 0 Å². The van der Waals surface area contributed by atoms with Crippen molar-refractivity contribution in [2.45, 2.75) is 51.1 Å². The summed E-state index contributed by atoms with van der Waals surface area (Å²) in [6.45, 7) is 5.22. The molecule has 0 spiro atoms. The van der Waals surface area contributed by atoms with Crippen LogP contribution in [0.2, 0.25) is 0 Å². The summed E-state index contributed by atoms with van der Waals surface area (Å²) in [5, 5.41) is 1.21. The first-order valence-corrected chi connectivity index (χ1v) is 13.8. The van der Waals surface area contributed by atoms with Gasteiger partial charge >= 0.3 is 0 Å². The molecule has 4 aromatic rings. The first kappa shape index (κ1) is 24.9. The van der Waals surface area contributed by atoms with Crippen LogP contribution in [0.3, 0.4) is 0 Å². The quantitative estimate of drug-likeness (QED) is 0.164. The fourth-order valence-electron chi connectivity index (χ4n) is 4.41. The van der Waals surface area contributed by atoms with E-state index in [2.05, 4.69) is 13.8 Å². The molecule has 0 fully saturated rings. The van der Waals surface area contributed by atoms with Crippen LogP contribution in [0.5, 0.6) is 0 Å². The molecule has 1 aliphatic heterocycles. The molecule has 0 radical (unpaired) electrons. The molecule has 2 aromatic heterocycles. The summed E-state index contributed by atoms with van der Waals surface area (Å²) in [5.41, 5.74) is 2.56. The van der Waals surface area contributed by atoms with Gasteiger partial charge in [0.25, 0.3) is 5.56 Å². The minimum absolute atomic E-state index is 0.0606. The van der Waals surface area contributed by atoms with Crippen LogP contribution in [0, 0.1) is 11.7 Å². The maximum absolute atomic E-state index is 13.9. The van der Waals surface area contributed by atoms with Crippen molar-refractivity contribution >= 4 is 39.1 Å². The third kappa shape index (κ3) is 5.16. The summed E-state index contributed by atoms with van der Waals surface area (Å²) < 4.78 is 21.0. The summed E-state index contributed by atoms with van der Waals surface area (Å²) in [5.74, 6) is -0.0545. The third-order valence-corrected chi connectivity index (χ3v) is 8.58. The highest BCUT2D eigenvalue weighted by Gasteiger charge is 2.28. The van der Waals surface area contributed by atoms with E-state index in [4.69, 9.17) is 9.72 Å². The topological polar surface area (TPSA) is 61.2 Å². The maximum atomic E-state index is 13.9. The van der Waals surface area contributed by atoms with E-state index in [1.54, 1.807) is 4.57 Å². The summed E-state index contributed by atoms with van der Waals surface area (Å²) in [6, 6.07) is 15.5. The molecular weight excluding hydrogens is 495 g/mol. The number of halogens is 1. The number of carbonyl (C=O) groups excluding carboxylic acids is 1. The van der Waals surface area contributed by atoms with E-state index >= 15 is 0 Å². The van der Waals surface area contributed by atoms with Crippen molar-refractivity contribution in [3.8, 4) is 0 Å². The van der Waals surface area contributed by atoms with Gasteiger partial charge in [-0.15, -0.1) is 11.3 Å². The van der Waals surface area contributed by atoms with E-state index < -0.39 is 0 Å². The molecule has 5 rings (SSSR count). The highest BCUT2D eigenvalue weighted by molar-refractivity contribution is 7.99. The van der Waals surface area contributed by atoms with Crippen LogP contribution < -0.4 is 5.56 Å². The van der Waals surface area contributed by atoms with E-state index in [1.807, 2.05) is 30.3 Å². The number of hydrogen-bond acceptors (Lipinski definition) is 6. The molecule has 1 aliphatic rings. The van der Waals surface area contributed by atoms with Crippen LogP contribution in [-0.2, 0) is 30.7 Å². The Morgan fingerprint density at radius 2 is 1.94 bits per heavy atom. The lowest BCUT2D eigenvalue weighted by Gasteiger charge is -2.26. The number of thiophene rings is 1. The number of nitrogens with zero attached hydrogens (tertiary/aromatic N) is 2. The number of aromatic nitrogens is 2. The lowest BCUT2D eigenvalue weighted by molar-refractivity contribution is 0.00200. The highest BCUT2D eigenvalue weighted by Crippen LogP contribution is 2.36. The lowest BCUT2D eigenvalue weighted by Crippen LogP contribution is -2.29. The summed E-state index contributed by atoms with van der Waals surface area (Å²) in [7, 11) is 0. The number of Topliss-reactive ketones (excluding diaryl/α,β-unsaturated/α-hetero) is 1. The molecule has 0 amide bonds. The number of aryl methyl sites for hydroxylation is 1. The van der Waals surface area contributed by atoms with Crippen LogP contribution in [0.15, 0.2) is 64.5 Å². The van der Waals surface area contributed by atoms with Crippen molar-refractivity contribution in [3.63, 3.8) is 0 Å². The molecular formula is C28H27FN2O3S2. The van der Waals surface area contributed by atoms with Crippen LogP contribution >= 0.6 is 23.1 Å². The molecule has 186 valence electrons. The number of fused-ring (bicyclic) bond motifs is 3. The Labute approximate surface area is 217 Å². The fraction of sp³-hybridized carbons (Fsp3) is 0.321. The van der Waals surface area contributed by atoms with Gasteiger partial charge in [-0.3, -0.25) is 14.2 Å². The number of carbonyl (C=O) groups is 1. The van der Waals surface area contributed by atoms with Gasteiger partial charge in [0.15, 0.2) is 10.9 Å². The fourth-order valence-corrected chi connectivity index (χ4v) is 6.50. The van der Waals surface area contributed by atoms with Crippen molar-refractivity contribution < 1.29 is 13.9 Å². The molecule has 1 atom stereocenters. The van der Waals surface area contributed by atoms with Gasteiger partial charge < -0.3 is 4.74 Å². The maximum Gasteiger partial charge on any atom is 0.263 e. The van der Waals surface area contributed by atoms with E-state index in [-0.39, 0.29) is 29.0 Å². The van der Waals surface area contributed by atoms with Crippen LogP contribution in [0.4, 0.5) is 4.39 Å². The Morgan fingerprint density at radius 1 is 1.19 bits per heavy atom. The molecule has 2 aromatic carbocycles. The van der Waals surface area contributed by atoms with Gasteiger partial charge in [-0.25, -0.2) is 9.37 Å². The zero-order chi connectivity index (χ0) is 25.2. The molecule has 0 saturated heterocycles. The number of thioether (sulfide) groups is 1. The third-order valence-electron chi connectivity index (χ3n) is 6.50. The standard InChI is InChI=1S/C28H27FN2O3S2/c1-17(2)23-14-21-24(15-34-23)36-26-25(21)27(33)31(13-12-18-6-4-3-5-7-18)28(30-26)35-16-22(32)19-8-10-20(29)11-9-19/h3-11,17,23H,12-16H2,1-2H3/t23-/m1/s1. The molecule has 3 heterocycles. The Bertz CT molecular complexity index is 1450. The molecule has 0 unspecified atom stereocenters.